The Labute approximate surface area is 210 Å². The molecule has 0 aliphatic rings. The minimum Gasteiger partial charge on any atom is -0.351 e. The van der Waals surface area contributed by atoms with Gasteiger partial charge in [-0.15, -0.1) is 22.7 Å². The average molecular weight is 502 g/mol. The number of nitrogens with zero attached hydrogens (tertiary/aromatic N) is 1. The van der Waals surface area contributed by atoms with Crippen LogP contribution in [0.5, 0.6) is 0 Å². The van der Waals surface area contributed by atoms with E-state index in [0.29, 0.717) is 24.5 Å². The van der Waals surface area contributed by atoms with Crippen LogP contribution >= 0.6 is 34.3 Å². The highest BCUT2D eigenvalue weighted by Crippen LogP contribution is 2.35. The standard InChI is InChI=1S/C26H32ClN3OS2/c1-18-11-15-32-24(18)21(25-19(2)12-16-33-25)8-6-14-30(3)23(10-13-28)26(31)29-17-20-7-4-5-9-22(20)27/h4-5,7-9,11-12,15-16,23H,6,10,13-14,17,28H2,1-3H3,(H,29,31). The van der Waals surface area contributed by atoms with Crippen molar-refractivity contribution in [2.75, 3.05) is 20.1 Å². The van der Waals surface area contributed by atoms with E-state index in [0.717, 1.165) is 18.5 Å². The summed E-state index contributed by atoms with van der Waals surface area (Å²) in [5.41, 5.74) is 10.6. The van der Waals surface area contributed by atoms with E-state index >= 15 is 0 Å². The first-order valence-electron chi connectivity index (χ1n) is 11.1. The molecule has 0 radical (unpaired) electrons. The summed E-state index contributed by atoms with van der Waals surface area (Å²) in [6, 6.07) is 11.6. The zero-order chi connectivity index (χ0) is 23.8. The number of aryl methyl sites for hydroxylation is 2. The second-order valence-corrected chi connectivity index (χ2v) is 10.4. The summed E-state index contributed by atoms with van der Waals surface area (Å²) >= 11 is 9.79. The summed E-state index contributed by atoms with van der Waals surface area (Å²) in [4.78, 5) is 17.7. The minimum absolute atomic E-state index is 0.0183. The number of hydrogen-bond donors (Lipinski definition) is 2. The van der Waals surface area contributed by atoms with Crippen molar-refractivity contribution in [1.29, 1.82) is 0 Å². The number of hydrogen-bond acceptors (Lipinski definition) is 5. The monoisotopic (exact) mass is 501 g/mol. The van der Waals surface area contributed by atoms with Gasteiger partial charge in [-0.25, -0.2) is 0 Å². The molecule has 1 unspecified atom stereocenters. The molecule has 3 rings (SSSR count). The Hall–Kier alpha value is -1.96. The van der Waals surface area contributed by atoms with E-state index in [1.807, 2.05) is 31.3 Å². The second-order valence-electron chi connectivity index (χ2n) is 8.15. The number of carbonyl (C=O) groups is 1. The number of thiophene rings is 2. The van der Waals surface area contributed by atoms with Crippen molar-refractivity contribution in [3.05, 3.63) is 84.7 Å². The summed E-state index contributed by atoms with van der Waals surface area (Å²) < 4.78 is 0. The van der Waals surface area contributed by atoms with Crippen molar-refractivity contribution in [3.63, 3.8) is 0 Å². The Kier molecular flexibility index (Phi) is 9.71. The molecule has 0 aliphatic carbocycles. The van der Waals surface area contributed by atoms with E-state index < -0.39 is 0 Å². The number of halogens is 1. The van der Waals surface area contributed by atoms with E-state index in [1.165, 1.54) is 26.5 Å². The predicted octanol–water partition coefficient (Wildman–Crippen LogP) is 5.87. The van der Waals surface area contributed by atoms with Gasteiger partial charge in [0.05, 0.1) is 6.04 Å². The van der Waals surface area contributed by atoms with Crippen LogP contribution in [0.4, 0.5) is 0 Å². The lowest BCUT2D eigenvalue weighted by atomic mass is 10.0. The molecule has 1 aromatic carbocycles. The molecular formula is C26H32ClN3OS2. The van der Waals surface area contributed by atoms with Gasteiger partial charge in [0.25, 0.3) is 0 Å². The molecule has 4 nitrogen and oxygen atoms in total. The number of amides is 1. The second kappa shape index (κ2) is 12.5. The largest absolute Gasteiger partial charge is 0.351 e. The van der Waals surface area contributed by atoms with Crippen LogP contribution in [0.1, 0.15) is 39.3 Å². The van der Waals surface area contributed by atoms with Crippen LogP contribution in [-0.2, 0) is 11.3 Å². The van der Waals surface area contributed by atoms with Gasteiger partial charge in [-0.05, 0) is 85.9 Å². The lowest BCUT2D eigenvalue weighted by Gasteiger charge is -2.26. The lowest BCUT2D eigenvalue weighted by molar-refractivity contribution is -0.126. The summed E-state index contributed by atoms with van der Waals surface area (Å²) in [6.45, 7) is 5.96. The molecule has 1 amide bonds. The number of nitrogens with one attached hydrogen (secondary N) is 1. The molecule has 0 saturated carbocycles. The predicted molar refractivity (Wildman–Crippen MR) is 143 cm³/mol. The molecular weight excluding hydrogens is 470 g/mol. The fourth-order valence-electron chi connectivity index (χ4n) is 3.81. The molecule has 3 N–H and O–H groups in total. The van der Waals surface area contributed by atoms with Gasteiger partial charge in [0, 0.05) is 33.4 Å². The third-order valence-electron chi connectivity index (χ3n) is 5.73. The Bertz CT molecular complexity index is 1050. The van der Waals surface area contributed by atoms with Crippen LogP contribution < -0.4 is 11.1 Å². The molecule has 33 heavy (non-hydrogen) atoms. The van der Waals surface area contributed by atoms with Crippen LogP contribution in [0, 0.1) is 13.8 Å². The zero-order valence-corrected chi connectivity index (χ0v) is 21.8. The highest BCUT2D eigenvalue weighted by Gasteiger charge is 2.22. The normalized spacial score (nSPS) is 12.1. The molecule has 1 atom stereocenters. The van der Waals surface area contributed by atoms with Gasteiger partial charge in [-0.2, -0.15) is 0 Å². The molecule has 3 aromatic rings. The maximum absolute atomic E-state index is 13.0. The third-order valence-corrected chi connectivity index (χ3v) is 8.20. The van der Waals surface area contributed by atoms with Crippen molar-refractivity contribution < 1.29 is 4.79 Å². The zero-order valence-electron chi connectivity index (χ0n) is 19.4. The first-order chi connectivity index (χ1) is 15.9. The Balaban J connectivity index is 1.67. The van der Waals surface area contributed by atoms with Crippen LogP contribution in [0.2, 0.25) is 5.02 Å². The fraction of sp³-hybridized carbons (Fsp3) is 0.346. The molecule has 2 aromatic heterocycles. The van der Waals surface area contributed by atoms with Crippen LogP contribution in [0.15, 0.2) is 53.2 Å². The molecule has 7 heteroatoms. The van der Waals surface area contributed by atoms with Gasteiger partial charge < -0.3 is 11.1 Å². The SMILES string of the molecule is Cc1ccsc1C(=CCCN(C)C(CCN)C(=O)NCc1ccccc1Cl)c1sccc1C. The molecule has 2 heterocycles. The van der Waals surface area contributed by atoms with Crippen molar-refractivity contribution in [2.45, 2.75) is 39.3 Å². The number of likely N-dealkylation sites (N-methyl/N-ethyl adjacent to an activating group) is 1. The molecule has 0 spiro atoms. The van der Waals surface area contributed by atoms with Crippen molar-refractivity contribution in [3.8, 4) is 0 Å². The van der Waals surface area contributed by atoms with Crippen LogP contribution in [0.25, 0.3) is 5.57 Å². The summed E-state index contributed by atoms with van der Waals surface area (Å²) in [5, 5.41) is 7.98. The van der Waals surface area contributed by atoms with Crippen molar-refractivity contribution in [1.82, 2.24) is 10.2 Å². The van der Waals surface area contributed by atoms with E-state index in [1.54, 1.807) is 22.7 Å². The number of carbonyl (C=O) groups excluding carboxylic acids is 1. The molecule has 0 bridgehead atoms. The van der Waals surface area contributed by atoms with Gasteiger partial charge >= 0.3 is 0 Å². The van der Waals surface area contributed by atoms with E-state index in [9.17, 15) is 4.79 Å². The lowest BCUT2D eigenvalue weighted by Crippen LogP contribution is -2.46. The fourth-order valence-corrected chi connectivity index (χ4v) is 6.02. The maximum Gasteiger partial charge on any atom is 0.237 e. The quantitative estimate of drug-likeness (QED) is 0.345. The Morgan fingerprint density at radius 3 is 2.30 bits per heavy atom. The van der Waals surface area contributed by atoms with Gasteiger partial charge in [0.15, 0.2) is 0 Å². The number of nitrogens with two attached hydrogens (primary N) is 1. The number of benzene rings is 1. The van der Waals surface area contributed by atoms with Crippen LogP contribution in [-0.4, -0.2) is 37.0 Å². The van der Waals surface area contributed by atoms with Gasteiger partial charge in [0.2, 0.25) is 5.91 Å². The smallest absolute Gasteiger partial charge is 0.237 e. The molecule has 0 fully saturated rings. The average Bonchev–Trinajstić information content (AvgIpc) is 3.42. The first kappa shape index (κ1) is 25.7. The van der Waals surface area contributed by atoms with Crippen molar-refractivity contribution in [2.24, 2.45) is 5.73 Å². The first-order valence-corrected chi connectivity index (χ1v) is 13.3. The summed E-state index contributed by atoms with van der Waals surface area (Å²) in [7, 11) is 2.00. The molecule has 0 aliphatic heterocycles. The maximum atomic E-state index is 13.0. The van der Waals surface area contributed by atoms with Crippen LogP contribution in [0.3, 0.4) is 0 Å². The summed E-state index contributed by atoms with van der Waals surface area (Å²) in [5.74, 6) is -0.0183. The third kappa shape index (κ3) is 6.78. The Morgan fingerprint density at radius 2 is 1.76 bits per heavy atom. The van der Waals surface area contributed by atoms with E-state index in [2.05, 4.69) is 53.0 Å². The topological polar surface area (TPSA) is 58.4 Å². The summed E-state index contributed by atoms with van der Waals surface area (Å²) in [6.07, 6.45) is 3.77. The van der Waals surface area contributed by atoms with E-state index in [4.69, 9.17) is 17.3 Å². The van der Waals surface area contributed by atoms with Gasteiger partial charge in [-0.1, -0.05) is 35.9 Å². The Morgan fingerprint density at radius 1 is 1.12 bits per heavy atom. The van der Waals surface area contributed by atoms with Gasteiger partial charge in [0.1, 0.15) is 0 Å². The van der Waals surface area contributed by atoms with E-state index in [-0.39, 0.29) is 11.9 Å². The molecule has 0 saturated heterocycles. The van der Waals surface area contributed by atoms with Crippen molar-refractivity contribution >= 4 is 45.8 Å². The molecule has 176 valence electrons. The van der Waals surface area contributed by atoms with Gasteiger partial charge in [-0.3, -0.25) is 9.69 Å². The highest BCUT2D eigenvalue weighted by molar-refractivity contribution is 7.14. The highest BCUT2D eigenvalue weighted by atomic mass is 35.5. The minimum atomic E-state index is -0.277. The number of rotatable bonds is 11.